The molecule has 0 aromatic rings. The zero-order valence-corrected chi connectivity index (χ0v) is 18.5. The maximum atomic E-state index is 11.2. The molecular weight excluding hydrogens is 352 g/mol. The van der Waals surface area contributed by atoms with E-state index in [1.54, 1.807) is 0 Å². The van der Waals surface area contributed by atoms with Gasteiger partial charge in [-0.1, -0.05) is 82.8 Å². The average Bonchev–Trinajstić information content (AvgIpc) is 2.67. The molecule has 0 aliphatic carbocycles. The summed E-state index contributed by atoms with van der Waals surface area (Å²) in [6.45, 7) is 4.65. The molecule has 0 saturated heterocycles. The highest BCUT2D eigenvalue weighted by Gasteiger charge is 2.00. The molecule has 4 heteroatoms. The van der Waals surface area contributed by atoms with Crippen molar-refractivity contribution >= 4 is 11.9 Å². The summed E-state index contributed by atoms with van der Waals surface area (Å²) in [7, 11) is 0. The summed E-state index contributed by atoms with van der Waals surface area (Å²) >= 11 is 0. The lowest BCUT2D eigenvalue weighted by molar-refractivity contribution is -0.143. The standard InChI is InChI=1S/C24H44O4/c1-3-27-23(25)21-19-17-15-13-11-9-7-5-6-8-10-12-14-16-18-20-22-24(26)28-4-2/h17,19H,3-16,18,20-22H2,1-2H3/b19-17+. The van der Waals surface area contributed by atoms with E-state index in [4.69, 9.17) is 9.47 Å². The van der Waals surface area contributed by atoms with Crippen LogP contribution in [0.15, 0.2) is 12.2 Å². The first-order valence-corrected chi connectivity index (χ1v) is 11.7. The third-order valence-corrected chi connectivity index (χ3v) is 4.81. The Kier molecular flexibility index (Phi) is 20.9. The van der Waals surface area contributed by atoms with Crippen LogP contribution in [0, 0.1) is 0 Å². The van der Waals surface area contributed by atoms with Crippen molar-refractivity contribution in [1.29, 1.82) is 0 Å². The third-order valence-electron chi connectivity index (χ3n) is 4.81. The van der Waals surface area contributed by atoms with Gasteiger partial charge in [0.25, 0.3) is 0 Å². The lowest BCUT2D eigenvalue weighted by atomic mass is 10.0. The van der Waals surface area contributed by atoms with E-state index < -0.39 is 0 Å². The zero-order chi connectivity index (χ0) is 20.7. The maximum Gasteiger partial charge on any atom is 0.309 e. The molecule has 28 heavy (non-hydrogen) atoms. The van der Waals surface area contributed by atoms with Gasteiger partial charge in [-0.3, -0.25) is 9.59 Å². The van der Waals surface area contributed by atoms with E-state index in [1.165, 1.54) is 70.6 Å². The van der Waals surface area contributed by atoms with Gasteiger partial charge in [-0.15, -0.1) is 0 Å². The predicted molar refractivity (Wildman–Crippen MR) is 116 cm³/mol. The van der Waals surface area contributed by atoms with E-state index in [0.29, 0.717) is 26.1 Å². The molecule has 0 saturated carbocycles. The van der Waals surface area contributed by atoms with E-state index >= 15 is 0 Å². The number of hydrogen-bond donors (Lipinski definition) is 0. The number of carbonyl (C=O) groups is 2. The largest absolute Gasteiger partial charge is 0.466 e. The Morgan fingerprint density at radius 1 is 0.571 bits per heavy atom. The second kappa shape index (κ2) is 22.0. The molecule has 0 fully saturated rings. The molecular formula is C24H44O4. The maximum absolute atomic E-state index is 11.2. The minimum atomic E-state index is -0.132. The summed E-state index contributed by atoms with van der Waals surface area (Å²) in [6.07, 6.45) is 22.7. The highest BCUT2D eigenvalue weighted by Crippen LogP contribution is 2.13. The van der Waals surface area contributed by atoms with Crippen molar-refractivity contribution in [3.8, 4) is 0 Å². The zero-order valence-electron chi connectivity index (χ0n) is 18.5. The summed E-state index contributed by atoms with van der Waals surface area (Å²) in [5.41, 5.74) is 0. The highest BCUT2D eigenvalue weighted by atomic mass is 16.5. The van der Waals surface area contributed by atoms with Crippen molar-refractivity contribution in [1.82, 2.24) is 0 Å². The van der Waals surface area contributed by atoms with Crippen molar-refractivity contribution in [3.63, 3.8) is 0 Å². The van der Waals surface area contributed by atoms with Crippen molar-refractivity contribution in [2.24, 2.45) is 0 Å². The van der Waals surface area contributed by atoms with Gasteiger partial charge in [0.05, 0.1) is 19.6 Å². The van der Waals surface area contributed by atoms with Crippen molar-refractivity contribution < 1.29 is 19.1 Å². The van der Waals surface area contributed by atoms with Gasteiger partial charge in [0.15, 0.2) is 0 Å². The Bertz CT molecular complexity index is 390. The van der Waals surface area contributed by atoms with E-state index in [0.717, 1.165) is 19.3 Å². The normalized spacial score (nSPS) is 11.1. The van der Waals surface area contributed by atoms with Gasteiger partial charge >= 0.3 is 11.9 Å². The van der Waals surface area contributed by atoms with Crippen LogP contribution < -0.4 is 0 Å². The fraction of sp³-hybridized carbons (Fsp3) is 0.833. The van der Waals surface area contributed by atoms with Crippen molar-refractivity contribution in [3.05, 3.63) is 12.2 Å². The van der Waals surface area contributed by atoms with Crippen LogP contribution in [-0.2, 0) is 19.1 Å². The molecule has 0 amide bonds. The predicted octanol–water partition coefficient (Wildman–Crippen LogP) is 6.91. The van der Waals surface area contributed by atoms with Crippen LogP contribution in [0.25, 0.3) is 0 Å². The van der Waals surface area contributed by atoms with E-state index in [-0.39, 0.29) is 11.9 Å². The molecule has 0 rings (SSSR count). The second-order valence-electron chi connectivity index (χ2n) is 7.42. The molecule has 0 aromatic heterocycles. The van der Waals surface area contributed by atoms with Gasteiger partial charge in [-0.25, -0.2) is 0 Å². The fourth-order valence-electron chi connectivity index (χ4n) is 3.23. The number of allylic oxidation sites excluding steroid dienone is 1. The first-order valence-electron chi connectivity index (χ1n) is 11.7. The van der Waals surface area contributed by atoms with Gasteiger partial charge in [0.2, 0.25) is 0 Å². The Hall–Kier alpha value is -1.32. The smallest absolute Gasteiger partial charge is 0.309 e. The molecule has 0 bridgehead atoms. The topological polar surface area (TPSA) is 52.6 Å². The summed E-state index contributed by atoms with van der Waals surface area (Å²) in [4.78, 5) is 22.4. The third kappa shape index (κ3) is 21.0. The molecule has 0 radical (unpaired) electrons. The highest BCUT2D eigenvalue weighted by molar-refractivity contribution is 5.71. The molecule has 0 spiro atoms. The number of ether oxygens (including phenoxy) is 2. The van der Waals surface area contributed by atoms with Crippen LogP contribution >= 0.6 is 0 Å². The molecule has 0 heterocycles. The first kappa shape index (κ1) is 26.7. The number of carbonyl (C=O) groups excluding carboxylic acids is 2. The van der Waals surface area contributed by atoms with Crippen molar-refractivity contribution in [2.75, 3.05) is 13.2 Å². The summed E-state index contributed by atoms with van der Waals surface area (Å²) in [5.74, 6) is -0.180. The first-order chi connectivity index (χ1) is 13.7. The Labute approximate surface area is 173 Å². The molecule has 0 unspecified atom stereocenters. The summed E-state index contributed by atoms with van der Waals surface area (Å²) in [5, 5.41) is 0. The van der Waals surface area contributed by atoms with Gasteiger partial charge in [0, 0.05) is 6.42 Å². The van der Waals surface area contributed by atoms with E-state index in [9.17, 15) is 9.59 Å². The van der Waals surface area contributed by atoms with Gasteiger partial charge in [-0.05, 0) is 33.1 Å². The Morgan fingerprint density at radius 3 is 1.50 bits per heavy atom. The fourth-order valence-corrected chi connectivity index (χ4v) is 3.23. The van der Waals surface area contributed by atoms with Gasteiger partial charge in [-0.2, -0.15) is 0 Å². The van der Waals surface area contributed by atoms with Gasteiger partial charge < -0.3 is 9.47 Å². The summed E-state index contributed by atoms with van der Waals surface area (Å²) < 4.78 is 9.81. The molecule has 0 atom stereocenters. The molecule has 0 aromatic carbocycles. The molecule has 0 aliphatic rings. The number of hydrogen-bond acceptors (Lipinski definition) is 4. The minimum absolute atomic E-state index is 0.0482. The van der Waals surface area contributed by atoms with Crippen LogP contribution in [0.1, 0.15) is 117 Å². The molecule has 0 N–H and O–H groups in total. The molecule has 164 valence electrons. The van der Waals surface area contributed by atoms with Crippen LogP contribution in [0.5, 0.6) is 0 Å². The number of unbranched alkanes of at least 4 members (excludes halogenated alkanes) is 13. The van der Waals surface area contributed by atoms with Crippen LogP contribution in [0.2, 0.25) is 0 Å². The van der Waals surface area contributed by atoms with Crippen LogP contribution in [0.4, 0.5) is 0 Å². The molecule has 4 nitrogen and oxygen atoms in total. The second-order valence-corrected chi connectivity index (χ2v) is 7.42. The van der Waals surface area contributed by atoms with Gasteiger partial charge in [0.1, 0.15) is 0 Å². The minimum Gasteiger partial charge on any atom is -0.466 e. The number of rotatable bonds is 20. The quantitative estimate of drug-likeness (QED) is 0.127. The lowest BCUT2D eigenvalue weighted by Gasteiger charge is -2.03. The monoisotopic (exact) mass is 396 g/mol. The van der Waals surface area contributed by atoms with Crippen LogP contribution in [-0.4, -0.2) is 25.2 Å². The van der Waals surface area contributed by atoms with E-state index in [1.807, 2.05) is 19.9 Å². The van der Waals surface area contributed by atoms with Crippen LogP contribution in [0.3, 0.4) is 0 Å². The Balaban J connectivity index is 3.15. The lowest BCUT2D eigenvalue weighted by Crippen LogP contribution is -2.03. The van der Waals surface area contributed by atoms with E-state index in [2.05, 4.69) is 6.08 Å². The Morgan fingerprint density at radius 2 is 1.00 bits per heavy atom. The van der Waals surface area contributed by atoms with Crippen molar-refractivity contribution in [2.45, 2.75) is 117 Å². The summed E-state index contributed by atoms with van der Waals surface area (Å²) in [6, 6.07) is 0. The molecule has 0 aliphatic heterocycles. The average molecular weight is 397 g/mol. The SMILES string of the molecule is CCOC(=O)C/C=C/CCCCCCCCCCCCCCCC(=O)OCC. The number of esters is 2.